The van der Waals surface area contributed by atoms with Crippen molar-refractivity contribution in [2.45, 2.75) is 12.5 Å². The van der Waals surface area contributed by atoms with E-state index in [2.05, 4.69) is 10.6 Å². The van der Waals surface area contributed by atoms with E-state index in [1.54, 1.807) is 0 Å². The summed E-state index contributed by atoms with van der Waals surface area (Å²) in [5.74, 6) is -0.859. The molecule has 2 N–H and O–H groups in total. The third-order valence-corrected chi connectivity index (χ3v) is 3.91. The number of rotatable bonds is 2. The molecule has 1 aliphatic heterocycles. The molecule has 2 aromatic rings. The summed E-state index contributed by atoms with van der Waals surface area (Å²) in [6.45, 7) is 1.33. The summed E-state index contributed by atoms with van der Waals surface area (Å²) in [7, 11) is 0. The van der Waals surface area contributed by atoms with Gasteiger partial charge in [0.1, 0.15) is 5.82 Å². The highest BCUT2D eigenvalue weighted by atomic mass is 35.5. The second-order valence-corrected chi connectivity index (χ2v) is 5.40. The number of fused-ring (bicyclic) bond motifs is 1. The molecule has 0 saturated carbocycles. The third kappa shape index (κ3) is 2.91. The minimum atomic E-state index is -0.428. The molecule has 1 heterocycles. The van der Waals surface area contributed by atoms with Crippen molar-refractivity contribution in [1.29, 1.82) is 0 Å². The molecular weight excluding hydrogens is 291 g/mol. The summed E-state index contributed by atoms with van der Waals surface area (Å²) in [6, 6.07) is 11.8. The largest absolute Gasteiger partial charge is 0.324 e. The maximum absolute atomic E-state index is 13.0. The lowest BCUT2D eigenvalue weighted by molar-refractivity contribution is -0.117. The highest BCUT2D eigenvalue weighted by Crippen LogP contribution is 2.27. The number of halogens is 2. The fraction of sp³-hybridized carbons (Fsp3) is 0.188. The third-order valence-electron chi connectivity index (χ3n) is 3.60. The molecule has 2 aromatic carbocycles. The minimum Gasteiger partial charge on any atom is -0.324 e. The van der Waals surface area contributed by atoms with Crippen LogP contribution in [0.25, 0.3) is 0 Å². The Labute approximate surface area is 127 Å². The monoisotopic (exact) mass is 304 g/mol. The maximum atomic E-state index is 13.0. The molecule has 0 aromatic heterocycles. The van der Waals surface area contributed by atoms with Gasteiger partial charge in [-0.3, -0.25) is 4.79 Å². The first-order chi connectivity index (χ1) is 10.1. The van der Waals surface area contributed by atoms with Gasteiger partial charge in [0.05, 0.1) is 16.6 Å². The Balaban J connectivity index is 1.83. The molecule has 5 heteroatoms. The van der Waals surface area contributed by atoms with Crippen LogP contribution in [0.3, 0.4) is 0 Å². The summed E-state index contributed by atoms with van der Waals surface area (Å²) in [5.41, 5.74) is 2.56. The predicted molar refractivity (Wildman–Crippen MR) is 80.9 cm³/mol. The van der Waals surface area contributed by atoms with Gasteiger partial charge in [-0.2, -0.15) is 0 Å². The van der Waals surface area contributed by atoms with Crippen LogP contribution in [0, 0.1) is 5.82 Å². The van der Waals surface area contributed by atoms with E-state index in [-0.39, 0.29) is 16.8 Å². The number of hydrogen-bond donors (Lipinski definition) is 2. The molecule has 21 heavy (non-hydrogen) atoms. The lowest BCUT2D eigenvalue weighted by Gasteiger charge is -2.25. The molecule has 108 valence electrons. The van der Waals surface area contributed by atoms with Crippen molar-refractivity contribution >= 4 is 23.2 Å². The number of nitrogens with one attached hydrogen (secondary N) is 2. The zero-order valence-electron chi connectivity index (χ0n) is 11.2. The molecule has 1 aliphatic rings. The molecule has 3 nitrogen and oxygen atoms in total. The standard InChI is InChI=1S/C16H14ClFN2O/c17-14-7-11(18)5-6-15(14)20-16(21)13-9-19-8-10-3-1-2-4-12(10)13/h1-7,13,19H,8-9H2,(H,20,21). The molecule has 1 amide bonds. The van der Waals surface area contributed by atoms with Gasteiger partial charge >= 0.3 is 0 Å². The Morgan fingerprint density at radius 1 is 1.29 bits per heavy atom. The van der Waals surface area contributed by atoms with Gasteiger partial charge in [0, 0.05) is 13.1 Å². The van der Waals surface area contributed by atoms with Gasteiger partial charge in [0.15, 0.2) is 0 Å². The molecule has 0 fully saturated rings. The van der Waals surface area contributed by atoms with Gasteiger partial charge in [0.2, 0.25) is 5.91 Å². The van der Waals surface area contributed by atoms with Crippen LogP contribution >= 0.6 is 11.6 Å². The average Bonchev–Trinajstić information content (AvgIpc) is 2.49. The van der Waals surface area contributed by atoms with Gasteiger partial charge in [-0.15, -0.1) is 0 Å². The fourth-order valence-corrected chi connectivity index (χ4v) is 2.76. The second kappa shape index (κ2) is 5.84. The SMILES string of the molecule is O=C(Nc1ccc(F)cc1Cl)C1CNCc2ccccc21. The van der Waals surface area contributed by atoms with E-state index in [9.17, 15) is 9.18 Å². The van der Waals surface area contributed by atoms with E-state index >= 15 is 0 Å². The Morgan fingerprint density at radius 2 is 2.10 bits per heavy atom. The van der Waals surface area contributed by atoms with E-state index < -0.39 is 5.82 Å². The van der Waals surface area contributed by atoms with Crippen molar-refractivity contribution in [3.8, 4) is 0 Å². The Morgan fingerprint density at radius 3 is 2.90 bits per heavy atom. The topological polar surface area (TPSA) is 41.1 Å². The van der Waals surface area contributed by atoms with E-state index in [0.717, 1.165) is 17.7 Å². The first-order valence-electron chi connectivity index (χ1n) is 6.69. The van der Waals surface area contributed by atoms with E-state index in [0.29, 0.717) is 12.2 Å². The van der Waals surface area contributed by atoms with Gasteiger partial charge < -0.3 is 10.6 Å². The first-order valence-corrected chi connectivity index (χ1v) is 7.07. The Kier molecular flexibility index (Phi) is 3.90. The summed E-state index contributed by atoms with van der Waals surface area (Å²) < 4.78 is 13.0. The summed E-state index contributed by atoms with van der Waals surface area (Å²) >= 11 is 5.94. The van der Waals surface area contributed by atoms with Crippen molar-refractivity contribution in [3.63, 3.8) is 0 Å². The Hall–Kier alpha value is -1.91. The zero-order valence-corrected chi connectivity index (χ0v) is 12.0. The molecule has 0 saturated heterocycles. The quantitative estimate of drug-likeness (QED) is 0.894. The highest BCUT2D eigenvalue weighted by Gasteiger charge is 2.26. The van der Waals surface area contributed by atoms with Crippen LogP contribution in [0.1, 0.15) is 17.0 Å². The van der Waals surface area contributed by atoms with Crippen LogP contribution in [0.5, 0.6) is 0 Å². The van der Waals surface area contributed by atoms with Crippen LogP contribution < -0.4 is 10.6 Å². The molecule has 0 spiro atoms. The molecule has 0 radical (unpaired) electrons. The van der Waals surface area contributed by atoms with Crippen molar-refractivity contribution < 1.29 is 9.18 Å². The van der Waals surface area contributed by atoms with Crippen LogP contribution in [-0.2, 0) is 11.3 Å². The van der Waals surface area contributed by atoms with E-state index in [1.807, 2.05) is 24.3 Å². The lowest BCUT2D eigenvalue weighted by Crippen LogP contribution is -2.35. The van der Waals surface area contributed by atoms with Crippen molar-refractivity contribution in [3.05, 3.63) is 64.4 Å². The number of amides is 1. The number of benzene rings is 2. The predicted octanol–water partition coefficient (Wildman–Crippen LogP) is 3.30. The van der Waals surface area contributed by atoms with Crippen LogP contribution in [0.4, 0.5) is 10.1 Å². The zero-order chi connectivity index (χ0) is 14.8. The molecular formula is C16H14ClFN2O. The molecule has 0 bridgehead atoms. The van der Waals surface area contributed by atoms with Crippen LogP contribution in [0.15, 0.2) is 42.5 Å². The smallest absolute Gasteiger partial charge is 0.233 e. The van der Waals surface area contributed by atoms with Gasteiger partial charge in [-0.25, -0.2) is 4.39 Å². The first kappa shape index (κ1) is 14.0. The van der Waals surface area contributed by atoms with Gasteiger partial charge in [-0.05, 0) is 29.3 Å². The fourth-order valence-electron chi connectivity index (χ4n) is 2.54. The molecule has 0 aliphatic carbocycles. The van der Waals surface area contributed by atoms with Crippen LogP contribution in [0.2, 0.25) is 5.02 Å². The molecule has 3 rings (SSSR count). The minimum absolute atomic E-state index is 0.150. The molecule has 1 unspecified atom stereocenters. The number of carbonyl (C=O) groups is 1. The number of carbonyl (C=O) groups excluding carboxylic acids is 1. The number of anilines is 1. The van der Waals surface area contributed by atoms with Crippen molar-refractivity contribution in [2.24, 2.45) is 0 Å². The Bertz CT molecular complexity index is 690. The maximum Gasteiger partial charge on any atom is 0.233 e. The second-order valence-electron chi connectivity index (χ2n) is 5.00. The molecule has 1 atom stereocenters. The normalized spacial score (nSPS) is 17.1. The van der Waals surface area contributed by atoms with Crippen molar-refractivity contribution in [1.82, 2.24) is 5.32 Å². The van der Waals surface area contributed by atoms with E-state index in [4.69, 9.17) is 11.6 Å². The number of hydrogen-bond acceptors (Lipinski definition) is 2. The van der Waals surface area contributed by atoms with E-state index in [1.165, 1.54) is 18.2 Å². The average molecular weight is 305 g/mol. The lowest BCUT2D eigenvalue weighted by atomic mass is 9.90. The summed E-state index contributed by atoms with van der Waals surface area (Å²) in [5, 5.41) is 6.19. The summed E-state index contributed by atoms with van der Waals surface area (Å²) in [4.78, 5) is 12.5. The van der Waals surface area contributed by atoms with Crippen molar-refractivity contribution in [2.75, 3.05) is 11.9 Å². The van der Waals surface area contributed by atoms with Gasteiger partial charge in [0.25, 0.3) is 0 Å². The van der Waals surface area contributed by atoms with Gasteiger partial charge in [-0.1, -0.05) is 35.9 Å². The summed E-state index contributed by atoms with van der Waals surface area (Å²) in [6.07, 6.45) is 0. The van der Waals surface area contributed by atoms with Crippen LogP contribution in [-0.4, -0.2) is 12.5 Å². The highest BCUT2D eigenvalue weighted by molar-refractivity contribution is 6.33.